The molecular formula is C14H23FN2. The van der Waals surface area contributed by atoms with Crippen molar-refractivity contribution in [1.82, 2.24) is 5.32 Å². The summed E-state index contributed by atoms with van der Waals surface area (Å²) >= 11 is 0. The van der Waals surface area contributed by atoms with Crippen molar-refractivity contribution >= 4 is 5.69 Å². The molecule has 0 unspecified atom stereocenters. The lowest BCUT2D eigenvalue weighted by Crippen LogP contribution is -2.41. The van der Waals surface area contributed by atoms with Gasteiger partial charge in [-0.1, -0.05) is 19.1 Å². The zero-order chi connectivity index (χ0) is 13.1. The van der Waals surface area contributed by atoms with Crippen molar-refractivity contribution in [1.29, 1.82) is 0 Å². The third-order valence-electron chi connectivity index (χ3n) is 3.55. The second-order valence-corrected chi connectivity index (χ2v) is 5.00. The minimum absolute atomic E-state index is 0.0509. The fourth-order valence-corrected chi connectivity index (χ4v) is 1.81. The van der Waals surface area contributed by atoms with Crippen LogP contribution in [0.5, 0.6) is 0 Å². The molecule has 0 bridgehead atoms. The van der Waals surface area contributed by atoms with E-state index in [4.69, 9.17) is 0 Å². The third kappa shape index (κ3) is 2.97. The van der Waals surface area contributed by atoms with Gasteiger partial charge in [-0.3, -0.25) is 0 Å². The average molecular weight is 238 g/mol. The Morgan fingerprint density at radius 1 is 1.35 bits per heavy atom. The minimum atomic E-state index is -0.151. The van der Waals surface area contributed by atoms with Crippen molar-refractivity contribution in [2.24, 2.45) is 0 Å². The zero-order valence-corrected chi connectivity index (χ0v) is 11.5. The SMILES string of the molecule is CCC(C)(C)N(C)c1c(F)cccc1CNC. The van der Waals surface area contributed by atoms with E-state index in [1.165, 1.54) is 6.07 Å². The monoisotopic (exact) mass is 238 g/mol. The van der Waals surface area contributed by atoms with Gasteiger partial charge in [0.25, 0.3) is 0 Å². The smallest absolute Gasteiger partial charge is 0.146 e. The maximum Gasteiger partial charge on any atom is 0.146 e. The maximum atomic E-state index is 14.0. The van der Waals surface area contributed by atoms with Crippen LogP contribution in [0.2, 0.25) is 0 Å². The minimum Gasteiger partial charge on any atom is -0.367 e. The molecule has 0 heterocycles. The Morgan fingerprint density at radius 3 is 2.53 bits per heavy atom. The third-order valence-corrected chi connectivity index (χ3v) is 3.55. The lowest BCUT2D eigenvalue weighted by Gasteiger charge is -2.38. The molecular weight excluding hydrogens is 215 g/mol. The van der Waals surface area contributed by atoms with Crippen LogP contribution < -0.4 is 10.2 Å². The molecule has 0 saturated carbocycles. The molecule has 0 aliphatic rings. The summed E-state index contributed by atoms with van der Waals surface area (Å²) in [6, 6.07) is 5.26. The molecule has 1 aromatic rings. The lowest BCUT2D eigenvalue weighted by atomic mass is 9.97. The van der Waals surface area contributed by atoms with E-state index >= 15 is 0 Å². The molecule has 1 N–H and O–H groups in total. The highest BCUT2D eigenvalue weighted by atomic mass is 19.1. The predicted molar refractivity (Wildman–Crippen MR) is 71.9 cm³/mol. The molecule has 1 aromatic carbocycles. The molecule has 0 spiro atoms. The van der Waals surface area contributed by atoms with Crippen molar-refractivity contribution in [2.75, 3.05) is 19.0 Å². The number of anilines is 1. The molecule has 3 heteroatoms. The van der Waals surface area contributed by atoms with Crippen LogP contribution >= 0.6 is 0 Å². The van der Waals surface area contributed by atoms with Gasteiger partial charge in [0, 0.05) is 19.1 Å². The van der Waals surface area contributed by atoms with Crippen LogP contribution in [0.3, 0.4) is 0 Å². The fraction of sp³-hybridized carbons (Fsp3) is 0.571. The molecule has 0 fully saturated rings. The Bertz CT molecular complexity index is 374. The van der Waals surface area contributed by atoms with Gasteiger partial charge < -0.3 is 10.2 Å². The molecule has 0 atom stereocenters. The summed E-state index contributed by atoms with van der Waals surface area (Å²) in [6.07, 6.45) is 0.969. The molecule has 17 heavy (non-hydrogen) atoms. The summed E-state index contributed by atoms with van der Waals surface area (Å²) in [7, 11) is 3.83. The van der Waals surface area contributed by atoms with Gasteiger partial charge in [-0.05, 0) is 38.9 Å². The number of hydrogen-bond acceptors (Lipinski definition) is 2. The standard InChI is InChI=1S/C14H23FN2/c1-6-14(2,3)17(5)13-11(10-16-4)8-7-9-12(13)15/h7-9,16H,6,10H2,1-5H3. The number of hydrogen-bond donors (Lipinski definition) is 1. The number of nitrogens with one attached hydrogen (secondary N) is 1. The Labute approximate surface area is 104 Å². The van der Waals surface area contributed by atoms with Gasteiger partial charge in [0.05, 0.1) is 5.69 Å². The Morgan fingerprint density at radius 2 is 2.00 bits per heavy atom. The van der Waals surface area contributed by atoms with Gasteiger partial charge in [0.2, 0.25) is 0 Å². The lowest BCUT2D eigenvalue weighted by molar-refractivity contribution is 0.460. The number of benzene rings is 1. The molecule has 2 nitrogen and oxygen atoms in total. The number of nitrogens with zero attached hydrogens (tertiary/aromatic N) is 1. The van der Waals surface area contributed by atoms with Crippen LogP contribution in [-0.4, -0.2) is 19.6 Å². The van der Waals surface area contributed by atoms with Crippen LogP contribution in [0.4, 0.5) is 10.1 Å². The first-order valence-corrected chi connectivity index (χ1v) is 6.10. The fourth-order valence-electron chi connectivity index (χ4n) is 1.81. The molecule has 1 rings (SSSR count). The largest absolute Gasteiger partial charge is 0.367 e. The van der Waals surface area contributed by atoms with Gasteiger partial charge in [0.1, 0.15) is 5.82 Å². The van der Waals surface area contributed by atoms with E-state index in [9.17, 15) is 4.39 Å². The van der Waals surface area contributed by atoms with Gasteiger partial charge in [-0.15, -0.1) is 0 Å². The van der Waals surface area contributed by atoms with Crippen molar-refractivity contribution in [3.8, 4) is 0 Å². The average Bonchev–Trinajstić information content (AvgIpc) is 2.29. The van der Waals surface area contributed by atoms with Gasteiger partial charge in [-0.2, -0.15) is 0 Å². The van der Waals surface area contributed by atoms with E-state index in [2.05, 4.69) is 26.1 Å². The van der Waals surface area contributed by atoms with E-state index in [1.807, 2.05) is 25.1 Å². The molecule has 0 radical (unpaired) electrons. The first-order valence-electron chi connectivity index (χ1n) is 6.10. The maximum absolute atomic E-state index is 14.0. The van der Waals surface area contributed by atoms with Gasteiger partial charge >= 0.3 is 0 Å². The van der Waals surface area contributed by atoms with Crippen LogP contribution in [0.25, 0.3) is 0 Å². The Kier molecular flexibility index (Phi) is 4.52. The topological polar surface area (TPSA) is 15.3 Å². The molecule has 0 amide bonds. The zero-order valence-electron chi connectivity index (χ0n) is 11.5. The second-order valence-electron chi connectivity index (χ2n) is 5.00. The van der Waals surface area contributed by atoms with Crippen LogP contribution in [-0.2, 0) is 6.54 Å². The van der Waals surface area contributed by atoms with E-state index in [0.717, 1.165) is 12.0 Å². The Hall–Kier alpha value is -1.09. The van der Waals surface area contributed by atoms with Crippen LogP contribution in [0, 0.1) is 5.82 Å². The van der Waals surface area contributed by atoms with Gasteiger partial charge in [0.15, 0.2) is 0 Å². The molecule has 0 aliphatic heterocycles. The van der Waals surface area contributed by atoms with Crippen LogP contribution in [0.15, 0.2) is 18.2 Å². The number of halogens is 1. The normalized spacial score (nSPS) is 11.6. The summed E-state index contributed by atoms with van der Waals surface area (Å²) < 4.78 is 14.0. The van der Waals surface area contributed by atoms with E-state index < -0.39 is 0 Å². The molecule has 0 aliphatic carbocycles. The first-order chi connectivity index (χ1) is 7.94. The van der Waals surface area contributed by atoms with Crippen molar-refractivity contribution in [3.63, 3.8) is 0 Å². The van der Waals surface area contributed by atoms with E-state index in [1.54, 1.807) is 6.07 Å². The molecule has 0 saturated heterocycles. The summed E-state index contributed by atoms with van der Waals surface area (Å²) in [5.74, 6) is -0.151. The quantitative estimate of drug-likeness (QED) is 0.847. The highest BCUT2D eigenvalue weighted by Gasteiger charge is 2.25. The van der Waals surface area contributed by atoms with Crippen molar-refractivity contribution in [3.05, 3.63) is 29.6 Å². The van der Waals surface area contributed by atoms with Crippen LogP contribution in [0.1, 0.15) is 32.8 Å². The molecule has 0 aromatic heterocycles. The summed E-state index contributed by atoms with van der Waals surface area (Å²) in [6.45, 7) is 7.05. The van der Waals surface area contributed by atoms with E-state index in [0.29, 0.717) is 12.2 Å². The summed E-state index contributed by atoms with van der Waals surface area (Å²) in [5, 5.41) is 3.08. The second kappa shape index (κ2) is 5.50. The summed E-state index contributed by atoms with van der Waals surface area (Å²) in [4.78, 5) is 2.04. The van der Waals surface area contributed by atoms with Crippen molar-refractivity contribution < 1.29 is 4.39 Å². The Balaban J connectivity index is 3.19. The highest BCUT2D eigenvalue weighted by molar-refractivity contribution is 5.56. The van der Waals surface area contributed by atoms with Crippen molar-refractivity contribution in [2.45, 2.75) is 39.3 Å². The molecule has 96 valence electrons. The first kappa shape index (κ1) is 14.0. The predicted octanol–water partition coefficient (Wildman–Crippen LogP) is 3.17. The van der Waals surface area contributed by atoms with Gasteiger partial charge in [-0.25, -0.2) is 4.39 Å². The summed E-state index contributed by atoms with van der Waals surface area (Å²) in [5.41, 5.74) is 1.65. The van der Waals surface area contributed by atoms with E-state index in [-0.39, 0.29) is 11.4 Å². The number of rotatable bonds is 5. The highest BCUT2D eigenvalue weighted by Crippen LogP contribution is 2.30. The number of para-hydroxylation sites is 1.